The van der Waals surface area contributed by atoms with Crippen molar-refractivity contribution < 1.29 is 10.0 Å². The van der Waals surface area contributed by atoms with E-state index in [2.05, 4.69) is 40.3 Å². The van der Waals surface area contributed by atoms with Gasteiger partial charge < -0.3 is 15.0 Å². The number of rotatable bonds is 6. The number of fused-ring (bicyclic) bond motifs is 1. The molecule has 1 aliphatic rings. The van der Waals surface area contributed by atoms with Crippen molar-refractivity contribution in [2.75, 3.05) is 18.5 Å². The summed E-state index contributed by atoms with van der Waals surface area (Å²) in [6, 6.07) is 20.0. The lowest BCUT2D eigenvalue weighted by atomic mass is 10.0. The van der Waals surface area contributed by atoms with E-state index >= 15 is 0 Å². The Kier molecular flexibility index (Phi) is 5.71. The minimum absolute atomic E-state index is 0.173. The highest BCUT2D eigenvalue weighted by molar-refractivity contribution is 5.86. The monoisotopic (exact) mass is 455 g/mol. The average molecular weight is 456 g/mol. The molecule has 0 aliphatic carbocycles. The van der Waals surface area contributed by atoms with E-state index in [0.717, 1.165) is 35.2 Å². The molecule has 8 nitrogen and oxygen atoms in total. The first kappa shape index (κ1) is 21.6. The molecule has 0 radical (unpaired) electrons. The van der Waals surface area contributed by atoms with Crippen LogP contribution in [0.1, 0.15) is 24.0 Å². The number of anilines is 1. The number of amides is 1. The smallest absolute Gasteiger partial charge is 0.384 e. The SMILES string of the molecule is CN(Cc1cccc(-c2cccc(CN3CCCC3=O)c2)c1)c1nc(=O)n(O)c2ncccc12. The van der Waals surface area contributed by atoms with Gasteiger partial charge in [0.15, 0.2) is 5.65 Å². The summed E-state index contributed by atoms with van der Waals surface area (Å²) in [6.07, 6.45) is 3.10. The summed E-state index contributed by atoms with van der Waals surface area (Å²) in [5.74, 6) is 0.682. The van der Waals surface area contributed by atoms with Crippen LogP contribution >= 0.6 is 0 Å². The maximum Gasteiger partial charge on any atom is 0.384 e. The van der Waals surface area contributed by atoms with E-state index in [1.807, 2.05) is 35.0 Å². The van der Waals surface area contributed by atoms with Crippen LogP contribution < -0.4 is 10.6 Å². The van der Waals surface area contributed by atoms with Crippen LogP contribution in [0, 0.1) is 0 Å². The Morgan fingerprint density at radius 2 is 1.74 bits per heavy atom. The third kappa shape index (κ3) is 4.22. The van der Waals surface area contributed by atoms with Gasteiger partial charge in [0.1, 0.15) is 5.82 Å². The van der Waals surface area contributed by atoms with Gasteiger partial charge in [-0.15, -0.1) is 4.73 Å². The summed E-state index contributed by atoms with van der Waals surface area (Å²) in [6.45, 7) is 1.98. The van der Waals surface area contributed by atoms with Crippen molar-refractivity contribution in [2.24, 2.45) is 0 Å². The molecule has 3 heterocycles. The first-order chi connectivity index (χ1) is 16.5. The second-order valence-corrected chi connectivity index (χ2v) is 8.58. The Balaban J connectivity index is 1.40. The number of aromatic nitrogens is 3. The summed E-state index contributed by atoms with van der Waals surface area (Å²) in [7, 11) is 1.86. The van der Waals surface area contributed by atoms with Gasteiger partial charge in [-0.05, 0) is 52.9 Å². The van der Waals surface area contributed by atoms with Crippen LogP contribution in [-0.2, 0) is 17.9 Å². The van der Waals surface area contributed by atoms with E-state index in [9.17, 15) is 14.8 Å². The summed E-state index contributed by atoms with van der Waals surface area (Å²) in [5, 5.41) is 10.6. The second kappa shape index (κ2) is 8.97. The molecule has 5 rings (SSSR count). The summed E-state index contributed by atoms with van der Waals surface area (Å²) in [5.41, 5.74) is 3.73. The predicted molar refractivity (Wildman–Crippen MR) is 130 cm³/mol. The van der Waals surface area contributed by atoms with Crippen LogP contribution in [-0.4, -0.2) is 44.3 Å². The highest BCUT2D eigenvalue weighted by Crippen LogP contribution is 2.26. The summed E-state index contributed by atoms with van der Waals surface area (Å²) in [4.78, 5) is 36.1. The number of likely N-dealkylation sites (tertiary alicyclic amines) is 1. The van der Waals surface area contributed by atoms with Gasteiger partial charge in [0.25, 0.3) is 0 Å². The standard InChI is InChI=1S/C26H25N5O3/c1-29(25-22-10-4-12-27-24(22)31(34)26(33)28-25)16-18-6-2-8-20(14-18)21-9-3-7-19(15-21)17-30-13-5-11-23(30)32/h2-4,6-10,12,14-15,34H,5,11,13,16-17H2,1H3. The molecule has 1 amide bonds. The molecule has 172 valence electrons. The lowest BCUT2D eigenvalue weighted by Gasteiger charge is -2.20. The number of hydrogen-bond donors (Lipinski definition) is 1. The molecule has 2 aromatic carbocycles. The molecule has 1 aliphatic heterocycles. The number of nitrogens with zero attached hydrogens (tertiary/aromatic N) is 5. The minimum Gasteiger partial charge on any atom is -0.422 e. The van der Waals surface area contributed by atoms with Gasteiger partial charge >= 0.3 is 5.69 Å². The molecule has 0 spiro atoms. The van der Waals surface area contributed by atoms with Gasteiger partial charge in [0.2, 0.25) is 5.91 Å². The van der Waals surface area contributed by atoms with Crippen molar-refractivity contribution in [3.8, 4) is 11.1 Å². The first-order valence-electron chi connectivity index (χ1n) is 11.2. The molecule has 1 fully saturated rings. The van der Waals surface area contributed by atoms with Gasteiger partial charge in [-0.1, -0.05) is 36.4 Å². The molecule has 0 bridgehead atoms. The van der Waals surface area contributed by atoms with E-state index < -0.39 is 5.69 Å². The number of carbonyl (C=O) groups is 1. The minimum atomic E-state index is -0.768. The van der Waals surface area contributed by atoms with E-state index in [-0.39, 0.29) is 11.6 Å². The highest BCUT2D eigenvalue weighted by atomic mass is 16.5. The van der Waals surface area contributed by atoms with Crippen LogP contribution in [0.3, 0.4) is 0 Å². The van der Waals surface area contributed by atoms with Gasteiger partial charge in [-0.25, -0.2) is 9.78 Å². The normalized spacial score (nSPS) is 13.6. The molecule has 8 heteroatoms. The molecule has 1 N–H and O–H groups in total. The third-order valence-corrected chi connectivity index (χ3v) is 6.12. The lowest BCUT2D eigenvalue weighted by Crippen LogP contribution is -2.27. The Bertz CT molecular complexity index is 1430. The fraction of sp³-hybridized carbons (Fsp3) is 0.231. The van der Waals surface area contributed by atoms with E-state index in [0.29, 0.717) is 35.4 Å². The molecule has 1 saturated heterocycles. The maximum absolute atomic E-state index is 12.1. The number of hydrogen-bond acceptors (Lipinski definition) is 6. The molecule has 34 heavy (non-hydrogen) atoms. The predicted octanol–water partition coefficient (Wildman–Crippen LogP) is 3.45. The largest absolute Gasteiger partial charge is 0.422 e. The van der Waals surface area contributed by atoms with Crippen molar-refractivity contribution >= 4 is 22.8 Å². The van der Waals surface area contributed by atoms with E-state index in [1.54, 1.807) is 12.1 Å². The Hall–Kier alpha value is -4.20. The van der Waals surface area contributed by atoms with E-state index in [1.165, 1.54) is 6.20 Å². The third-order valence-electron chi connectivity index (χ3n) is 6.12. The number of pyridine rings is 1. The van der Waals surface area contributed by atoms with Crippen LogP contribution in [0.25, 0.3) is 22.2 Å². The van der Waals surface area contributed by atoms with Crippen LogP contribution in [0.2, 0.25) is 0 Å². The van der Waals surface area contributed by atoms with Crippen LogP contribution in [0.4, 0.5) is 5.82 Å². The Morgan fingerprint density at radius 1 is 1.00 bits per heavy atom. The Morgan fingerprint density at radius 3 is 2.47 bits per heavy atom. The number of benzene rings is 2. The van der Waals surface area contributed by atoms with Crippen molar-refractivity contribution in [1.82, 2.24) is 19.6 Å². The topological polar surface area (TPSA) is 91.6 Å². The van der Waals surface area contributed by atoms with Crippen molar-refractivity contribution in [2.45, 2.75) is 25.9 Å². The second-order valence-electron chi connectivity index (χ2n) is 8.58. The molecule has 0 saturated carbocycles. The molecule has 4 aromatic rings. The van der Waals surface area contributed by atoms with Crippen molar-refractivity contribution in [3.05, 3.63) is 88.5 Å². The summed E-state index contributed by atoms with van der Waals surface area (Å²) < 4.78 is 0.468. The lowest BCUT2D eigenvalue weighted by molar-refractivity contribution is -0.128. The van der Waals surface area contributed by atoms with Crippen LogP contribution in [0.5, 0.6) is 0 Å². The molecule has 0 unspecified atom stereocenters. The number of carbonyl (C=O) groups excluding carboxylic acids is 1. The quantitative estimate of drug-likeness (QED) is 0.448. The molecule has 0 atom stereocenters. The van der Waals surface area contributed by atoms with Gasteiger partial charge in [-0.3, -0.25) is 4.79 Å². The maximum atomic E-state index is 12.1. The van der Waals surface area contributed by atoms with Gasteiger partial charge in [-0.2, -0.15) is 4.98 Å². The van der Waals surface area contributed by atoms with Gasteiger partial charge in [0, 0.05) is 39.3 Å². The first-order valence-corrected chi connectivity index (χ1v) is 11.2. The van der Waals surface area contributed by atoms with Crippen molar-refractivity contribution in [1.29, 1.82) is 0 Å². The fourth-order valence-corrected chi connectivity index (χ4v) is 4.46. The zero-order chi connectivity index (χ0) is 23.7. The zero-order valence-corrected chi connectivity index (χ0v) is 18.9. The molecular formula is C26H25N5O3. The highest BCUT2D eigenvalue weighted by Gasteiger charge is 2.20. The average Bonchev–Trinajstić information content (AvgIpc) is 3.26. The van der Waals surface area contributed by atoms with Crippen LogP contribution in [0.15, 0.2) is 71.7 Å². The fourth-order valence-electron chi connectivity index (χ4n) is 4.46. The Labute approximate surface area is 196 Å². The van der Waals surface area contributed by atoms with Crippen molar-refractivity contribution in [3.63, 3.8) is 0 Å². The molecular weight excluding hydrogens is 430 g/mol. The van der Waals surface area contributed by atoms with E-state index in [4.69, 9.17) is 0 Å². The zero-order valence-electron chi connectivity index (χ0n) is 18.9. The summed E-state index contributed by atoms with van der Waals surface area (Å²) >= 11 is 0. The van der Waals surface area contributed by atoms with Gasteiger partial charge in [0.05, 0.1) is 5.39 Å². The molecule has 2 aromatic heterocycles.